The smallest absolute Gasteiger partial charge is 0.350 e. The predicted molar refractivity (Wildman–Crippen MR) is 90.8 cm³/mol. The summed E-state index contributed by atoms with van der Waals surface area (Å²) in [5.74, 6) is -1.04. The van der Waals surface area contributed by atoms with Gasteiger partial charge in [0.2, 0.25) is 0 Å². The summed E-state index contributed by atoms with van der Waals surface area (Å²) in [6.45, 7) is 2.13. The average molecular weight is 393 g/mol. The SMILES string of the molecule is CCS(=O)(=O)c1ccccc1C(=O)NCC(N1CCNCC1)C(F)(F)F. The summed E-state index contributed by atoms with van der Waals surface area (Å²) in [6.07, 6.45) is -4.50. The molecule has 1 amide bonds. The van der Waals surface area contributed by atoms with Crippen LogP contribution in [-0.2, 0) is 9.84 Å². The van der Waals surface area contributed by atoms with E-state index in [4.69, 9.17) is 0 Å². The summed E-state index contributed by atoms with van der Waals surface area (Å²) in [6, 6.07) is 3.71. The molecule has 0 radical (unpaired) electrons. The fraction of sp³-hybridized carbons (Fsp3) is 0.562. The van der Waals surface area contributed by atoms with Gasteiger partial charge in [-0.1, -0.05) is 19.1 Å². The van der Waals surface area contributed by atoms with E-state index < -0.39 is 34.5 Å². The Bertz CT molecular complexity index is 732. The number of hydrogen-bond acceptors (Lipinski definition) is 5. The minimum atomic E-state index is -4.50. The van der Waals surface area contributed by atoms with Gasteiger partial charge in [0.25, 0.3) is 5.91 Å². The molecule has 1 aliphatic heterocycles. The summed E-state index contributed by atoms with van der Waals surface area (Å²) in [4.78, 5) is 13.5. The van der Waals surface area contributed by atoms with Crippen molar-refractivity contribution in [2.45, 2.75) is 24.0 Å². The highest BCUT2D eigenvalue weighted by atomic mass is 32.2. The molecule has 2 N–H and O–H groups in total. The number of nitrogens with one attached hydrogen (secondary N) is 2. The molecule has 26 heavy (non-hydrogen) atoms. The van der Waals surface area contributed by atoms with Crippen LogP contribution in [0.2, 0.25) is 0 Å². The summed E-state index contributed by atoms with van der Waals surface area (Å²) >= 11 is 0. The molecule has 1 aromatic rings. The molecule has 0 aromatic heterocycles. The van der Waals surface area contributed by atoms with Crippen molar-refractivity contribution in [2.75, 3.05) is 38.5 Å². The fourth-order valence-corrected chi connectivity index (χ4v) is 3.90. The Hall–Kier alpha value is -1.65. The van der Waals surface area contributed by atoms with Crippen molar-refractivity contribution in [3.05, 3.63) is 29.8 Å². The molecular weight excluding hydrogens is 371 g/mol. The van der Waals surface area contributed by atoms with Gasteiger partial charge in [0.05, 0.1) is 16.2 Å². The molecule has 0 aliphatic carbocycles. The maximum atomic E-state index is 13.4. The molecule has 0 saturated carbocycles. The zero-order chi connectivity index (χ0) is 19.4. The molecular formula is C16H22F3N3O3S. The van der Waals surface area contributed by atoms with Crippen LogP contribution in [-0.4, -0.2) is 69.9 Å². The molecule has 1 heterocycles. The third kappa shape index (κ3) is 4.95. The van der Waals surface area contributed by atoms with Gasteiger partial charge < -0.3 is 10.6 Å². The minimum absolute atomic E-state index is 0.143. The number of sulfone groups is 1. The number of amides is 1. The Morgan fingerprint density at radius 1 is 1.27 bits per heavy atom. The molecule has 0 bridgehead atoms. The zero-order valence-corrected chi connectivity index (χ0v) is 15.2. The predicted octanol–water partition coefficient (Wildman–Crippen LogP) is 1.05. The number of nitrogens with zero attached hydrogens (tertiary/aromatic N) is 1. The molecule has 1 aliphatic rings. The highest BCUT2D eigenvalue weighted by Crippen LogP contribution is 2.25. The second-order valence-corrected chi connectivity index (χ2v) is 8.20. The number of carbonyl (C=O) groups excluding carboxylic acids is 1. The number of benzene rings is 1. The summed E-state index contributed by atoms with van der Waals surface area (Å²) in [5.41, 5.74) is -0.143. The second kappa shape index (κ2) is 8.36. The van der Waals surface area contributed by atoms with E-state index in [1.54, 1.807) is 0 Å². The highest BCUT2D eigenvalue weighted by Gasteiger charge is 2.44. The first kappa shape index (κ1) is 20.7. The lowest BCUT2D eigenvalue weighted by Crippen LogP contribution is -2.57. The van der Waals surface area contributed by atoms with E-state index in [1.165, 1.54) is 36.1 Å². The summed E-state index contributed by atoms with van der Waals surface area (Å²) < 4.78 is 64.3. The van der Waals surface area contributed by atoms with Gasteiger partial charge >= 0.3 is 6.18 Å². The van der Waals surface area contributed by atoms with Crippen LogP contribution < -0.4 is 10.6 Å². The maximum Gasteiger partial charge on any atom is 0.405 e. The van der Waals surface area contributed by atoms with E-state index in [1.807, 2.05) is 0 Å². The number of rotatable bonds is 6. The monoisotopic (exact) mass is 393 g/mol. The van der Waals surface area contributed by atoms with Gasteiger partial charge in [-0.05, 0) is 12.1 Å². The van der Waals surface area contributed by atoms with Crippen molar-refractivity contribution >= 4 is 15.7 Å². The molecule has 1 fully saturated rings. The number of alkyl halides is 3. The lowest BCUT2D eigenvalue weighted by atomic mass is 10.1. The van der Waals surface area contributed by atoms with Gasteiger partial charge in [-0.25, -0.2) is 8.42 Å². The maximum absolute atomic E-state index is 13.4. The standard InChI is InChI=1S/C16H22F3N3O3S/c1-2-26(24,25)13-6-4-3-5-12(13)15(23)21-11-14(16(17,18)19)22-9-7-20-8-10-22/h3-6,14,20H,2,7-11H2,1H3,(H,21,23). The van der Waals surface area contributed by atoms with Crippen LogP contribution in [0.25, 0.3) is 0 Å². The first-order valence-electron chi connectivity index (χ1n) is 8.28. The Balaban J connectivity index is 2.16. The van der Waals surface area contributed by atoms with E-state index in [0.717, 1.165) is 0 Å². The van der Waals surface area contributed by atoms with Crippen molar-refractivity contribution in [1.82, 2.24) is 15.5 Å². The Morgan fingerprint density at radius 3 is 2.46 bits per heavy atom. The first-order valence-corrected chi connectivity index (χ1v) is 9.93. The minimum Gasteiger partial charge on any atom is -0.350 e. The largest absolute Gasteiger partial charge is 0.405 e. The van der Waals surface area contributed by atoms with Crippen LogP contribution in [0.3, 0.4) is 0 Å². The summed E-state index contributed by atoms with van der Waals surface area (Å²) in [7, 11) is -3.66. The van der Waals surface area contributed by atoms with Gasteiger partial charge in [0, 0.05) is 32.7 Å². The van der Waals surface area contributed by atoms with Crippen LogP contribution in [0.15, 0.2) is 29.2 Å². The zero-order valence-electron chi connectivity index (χ0n) is 14.3. The quantitative estimate of drug-likeness (QED) is 0.755. The molecule has 1 unspecified atom stereocenters. The van der Waals surface area contributed by atoms with Crippen LogP contribution in [0.4, 0.5) is 13.2 Å². The Morgan fingerprint density at radius 2 is 1.88 bits per heavy atom. The topological polar surface area (TPSA) is 78.5 Å². The lowest BCUT2D eigenvalue weighted by molar-refractivity contribution is -0.183. The van der Waals surface area contributed by atoms with E-state index in [2.05, 4.69) is 10.6 Å². The number of carbonyl (C=O) groups is 1. The van der Waals surface area contributed by atoms with Crippen LogP contribution in [0, 0.1) is 0 Å². The molecule has 0 spiro atoms. The van der Waals surface area contributed by atoms with Gasteiger partial charge in [-0.3, -0.25) is 9.69 Å². The van der Waals surface area contributed by atoms with Crippen molar-refractivity contribution in [1.29, 1.82) is 0 Å². The van der Waals surface area contributed by atoms with Crippen molar-refractivity contribution in [3.63, 3.8) is 0 Å². The van der Waals surface area contributed by atoms with Crippen molar-refractivity contribution < 1.29 is 26.4 Å². The molecule has 1 saturated heterocycles. The Labute approximate surface area is 150 Å². The second-order valence-electron chi connectivity index (χ2n) is 5.95. The van der Waals surface area contributed by atoms with Crippen LogP contribution in [0.1, 0.15) is 17.3 Å². The summed E-state index contributed by atoms with van der Waals surface area (Å²) in [5, 5.41) is 5.23. The third-order valence-electron chi connectivity index (χ3n) is 4.27. The Kier molecular flexibility index (Phi) is 6.64. The van der Waals surface area contributed by atoms with Crippen LogP contribution >= 0.6 is 0 Å². The first-order chi connectivity index (χ1) is 12.2. The van der Waals surface area contributed by atoms with E-state index in [-0.39, 0.29) is 29.3 Å². The van der Waals surface area contributed by atoms with Crippen LogP contribution in [0.5, 0.6) is 0 Å². The van der Waals surface area contributed by atoms with Crippen molar-refractivity contribution in [3.8, 4) is 0 Å². The molecule has 146 valence electrons. The van der Waals surface area contributed by atoms with E-state index in [0.29, 0.717) is 13.1 Å². The van der Waals surface area contributed by atoms with Gasteiger partial charge in [0.1, 0.15) is 6.04 Å². The molecule has 1 aromatic carbocycles. The average Bonchev–Trinajstić information content (AvgIpc) is 2.61. The van der Waals surface area contributed by atoms with Gasteiger partial charge in [-0.2, -0.15) is 13.2 Å². The van der Waals surface area contributed by atoms with E-state index >= 15 is 0 Å². The lowest BCUT2D eigenvalue weighted by Gasteiger charge is -2.35. The number of hydrogen-bond donors (Lipinski definition) is 2. The van der Waals surface area contributed by atoms with Gasteiger partial charge in [0.15, 0.2) is 9.84 Å². The molecule has 6 nitrogen and oxygen atoms in total. The molecule has 2 rings (SSSR count). The molecule has 1 atom stereocenters. The molecule has 10 heteroatoms. The fourth-order valence-electron chi connectivity index (χ4n) is 2.81. The van der Waals surface area contributed by atoms with Gasteiger partial charge in [-0.15, -0.1) is 0 Å². The normalized spacial score (nSPS) is 17.7. The number of piperazine rings is 1. The third-order valence-corrected chi connectivity index (χ3v) is 6.06. The van der Waals surface area contributed by atoms with Crippen molar-refractivity contribution in [2.24, 2.45) is 0 Å². The highest BCUT2D eigenvalue weighted by molar-refractivity contribution is 7.91. The number of halogens is 3. The van der Waals surface area contributed by atoms with E-state index in [9.17, 15) is 26.4 Å².